The van der Waals surface area contributed by atoms with Crippen molar-refractivity contribution in [2.75, 3.05) is 11.4 Å². The van der Waals surface area contributed by atoms with Crippen LogP contribution >= 0.6 is 0 Å². The number of hydrogen-bond donors (Lipinski definition) is 0. The van der Waals surface area contributed by atoms with Gasteiger partial charge in [0.05, 0.1) is 17.3 Å². The van der Waals surface area contributed by atoms with Gasteiger partial charge in [0.2, 0.25) is 0 Å². The number of hydrogen-bond acceptors (Lipinski definition) is 5. The molecule has 0 aromatic carbocycles. The Bertz CT molecular complexity index is 786. The van der Waals surface area contributed by atoms with Crippen molar-refractivity contribution in [3.8, 4) is 6.07 Å². The predicted octanol–water partition coefficient (Wildman–Crippen LogP) is 1.65. The Hall–Kier alpha value is -2.68. The van der Waals surface area contributed by atoms with Crippen molar-refractivity contribution >= 4 is 5.82 Å². The molecule has 0 N–H and O–H groups in total. The molecule has 6 heteroatoms. The first-order chi connectivity index (χ1) is 10.6. The van der Waals surface area contributed by atoms with Crippen LogP contribution in [-0.4, -0.2) is 21.3 Å². The number of fused-ring (bicyclic) bond motifs is 1. The Morgan fingerprint density at radius 2 is 2.18 bits per heavy atom. The lowest BCUT2D eigenvalue weighted by molar-refractivity contribution is 0.484. The Balaban J connectivity index is 1.89. The third-order valence-electron chi connectivity index (χ3n) is 3.79. The van der Waals surface area contributed by atoms with E-state index in [0.717, 1.165) is 30.0 Å². The van der Waals surface area contributed by atoms with Crippen molar-refractivity contribution in [1.29, 1.82) is 5.26 Å². The summed E-state index contributed by atoms with van der Waals surface area (Å²) >= 11 is 0. The Morgan fingerprint density at radius 3 is 2.82 bits per heavy atom. The molecule has 0 fully saturated rings. The minimum absolute atomic E-state index is 0.0658. The Kier molecular flexibility index (Phi) is 3.63. The van der Waals surface area contributed by atoms with E-state index in [1.54, 1.807) is 18.3 Å². The number of rotatable bonds is 2. The van der Waals surface area contributed by atoms with E-state index in [9.17, 15) is 4.79 Å². The molecule has 2 aromatic rings. The number of nitrogens with zero attached hydrogens (tertiary/aromatic N) is 5. The largest absolute Gasteiger partial charge is 0.352 e. The second kappa shape index (κ2) is 5.60. The molecule has 0 saturated heterocycles. The molecule has 3 heterocycles. The molecule has 1 aliphatic rings. The molecule has 0 radical (unpaired) electrons. The summed E-state index contributed by atoms with van der Waals surface area (Å²) in [6.45, 7) is 5.33. The van der Waals surface area contributed by atoms with E-state index < -0.39 is 0 Å². The maximum Gasteiger partial charge on any atom is 0.267 e. The van der Waals surface area contributed by atoms with Gasteiger partial charge in [0, 0.05) is 37.3 Å². The molecule has 1 aliphatic heterocycles. The lowest BCUT2D eigenvalue weighted by Gasteiger charge is -2.29. The maximum absolute atomic E-state index is 12.1. The van der Waals surface area contributed by atoms with Gasteiger partial charge in [0.1, 0.15) is 11.9 Å². The molecule has 6 nitrogen and oxygen atoms in total. The smallest absolute Gasteiger partial charge is 0.267 e. The van der Waals surface area contributed by atoms with Crippen molar-refractivity contribution < 1.29 is 0 Å². The van der Waals surface area contributed by atoms with Gasteiger partial charge in [-0.3, -0.25) is 4.79 Å². The van der Waals surface area contributed by atoms with Gasteiger partial charge in [-0.15, -0.1) is 0 Å². The summed E-state index contributed by atoms with van der Waals surface area (Å²) in [6, 6.07) is 7.40. The van der Waals surface area contributed by atoms with Gasteiger partial charge >= 0.3 is 0 Å². The first kappa shape index (κ1) is 14.3. The number of pyridine rings is 1. The highest BCUT2D eigenvalue weighted by Crippen LogP contribution is 2.21. The van der Waals surface area contributed by atoms with Crippen LogP contribution in [0.25, 0.3) is 0 Å². The molecule has 0 unspecified atom stereocenters. The van der Waals surface area contributed by atoms with E-state index in [-0.39, 0.29) is 11.6 Å². The molecule has 2 aromatic heterocycles. The molecule has 3 rings (SSSR count). The van der Waals surface area contributed by atoms with Gasteiger partial charge in [0.15, 0.2) is 0 Å². The van der Waals surface area contributed by atoms with Crippen LogP contribution in [0, 0.1) is 11.3 Å². The van der Waals surface area contributed by atoms with Crippen LogP contribution < -0.4 is 10.5 Å². The summed E-state index contributed by atoms with van der Waals surface area (Å²) in [5.41, 5.74) is 2.42. The molecule has 0 aliphatic carbocycles. The van der Waals surface area contributed by atoms with E-state index in [4.69, 9.17) is 5.26 Å². The average molecular weight is 295 g/mol. The second-order valence-corrected chi connectivity index (χ2v) is 5.68. The highest BCUT2D eigenvalue weighted by molar-refractivity contribution is 5.44. The van der Waals surface area contributed by atoms with Gasteiger partial charge < -0.3 is 4.90 Å². The first-order valence-corrected chi connectivity index (χ1v) is 7.31. The van der Waals surface area contributed by atoms with Crippen molar-refractivity contribution in [3.05, 3.63) is 51.6 Å². The fraction of sp³-hybridized carbons (Fsp3) is 0.375. The van der Waals surface area contributed by atoms with E-state index in [1.807, 2.05) is 19.9 Å². The van der Waals surface area contributed by atoms with E-state index in [2.05, 4.69) is 21.1 Å². The lowest BCUT2D eigenvalue weighted by Crippen LogP contribution is -2.35. The van der Waals surface area contributed by atoms with Gasteiger partial charge in [-0.2, -0.15) is 10.4 Å². The first-order valence-electron chi connectivity index (χ1n) is 7.31. The summed E-state index contributed by atoms with van der Waals surface area (Å²) in [5, 5.41) is 13.3. The molecular weight excluding hydrogens is 278 g/mol. The molecule has 0 spiro atoms. The zero-order valence-corrected chi connectivity index (χ0v) is 12.7. The van der Waals surface area contributed by atoms with Crippen LogP contribution in [0.15, 0.2) is 29.2 Å². The van der Waals surface area contributed by atoms with Crippen LogP contribution in [0.2, 0.25) is 0 Å². The average Bonchev–Trinajstić information content (AvgIpc) is 2.53. The van der Waals surface area contributed by atoms with Gasteiger partial charge in [0.25, 0.3) is 5.56 Å². The van der Waals surface area contributed by atoms with Crippen LogP contribution in [0.1, 0.15) is 36.7 Å². The van der Waals surface area contributed by atoms with E-state index in [1.165, 1.54) is 4.68 Å². The highest BCUT2D eigenvalue weighted by atomic mass is 16.1. The third kappa shape index (κ3) is 2.58. The monoisotopic (exact) mass is 295 g/mol. The standard InChI is InChI=1S/C16H17N5O/c1-11(2)21-16(22)7-13-10-20(6-5-14(13)19-21)15-4-3-12(8-17)9-18-15/h3-4,7,9,11H,5-6,10H2,1-2H3. The zero-order chi connectivity index (χ0) is 15.7. The minimum Gasteiger partial charge on any atom is -0.352 e. The summed E-state index contributed by atoms with van der Waals surface area (Å²) in [6.07, 6.45) is 2.35. The van der Waals surface area contributed by atoms with E-state index in [0.29, 0.717) is 12.1 Å². The normalized spacial score (nSPS) is 13.8. The highest BCUT2D eigenvalue weighted by Gasteiger charge is 2.20. The van der Waals surface area contributed by atoms with Crippen molar-refractivity contribution in [3.63, 3.8) is 0 Å². The Morgan fingerprint density at radius 1 is 1.36 bits per heavy atom. The topological polar surface area (TPSA) is 74.8 Å². The summed E-state index contributed by atoms with van der Waals surface area (Å²) in [7, 11) is 0. The lowest BCUT2D eigenvalue weighted by atomic mass is 10.1. The van der Waals surface area contributed by atoms with Gasteiger partial charge in [-0.1, -0.05) is 0 Å². The minimum atomic E-state index is -0.0663. The fourth-order valence-electron chi connectivity index (χ4n) is 2.62. The second-order valence-electron chi connectivity index (χ2n) is 5.68. The molecule has 112 valence electrons. The number of nitriles is 1. The quantitative estimate of drug-likeness (QED) is 0.842. The van der Waals surface area contributed by atoms with Crippen LogP contribution in [0.4, 0.5) is 5.82 Å². The summed E-state index contributed by atoms with van der Waals surface area (Å²) in [4.78, 5) is 18.5. The fourth-order valence-corrected chi connectivity index (χ4v) is 2.62. The van der Waals surface area contributed by atoms with Crippen molar-refractivity contribution in [2.24, 2.45) is 0 Å². The molecule has 22 heavy (non-hydrogen) atoms. The SMILES string of the molecule is CC(C)n1nc2c(cc1=O)CN(c1ccc(C#N)cn1)CC2. The molecule has 0 amide bonds. The predicted molar refractivity (Wildman–Crippen MR) is 82.6 cm³/mol. The van der Waals surface area contributed by atoms with Crippen molar-refractivity contribution in [2.45, 2.75) is 32.9 Å². The van der Waals surface area contributed by atoms with Crippen molar-refractivity contribution in [1.82, 2.24) is 14.8 Å². The van der Waals surface area contributed by atoms with Crippen LogP contribution in [0.5, 0.6) is 0 Å². The Labute approximate surface area is 128 Å². The number of aromatic nitrogens is 3. The maximum atomic E-state index is 12.1. The van der Waals surface area contributed by atoms with Gasteiger partial charge in [-0.05, 0) is 26.0 Å². The summed E-state index contributed by atoms with van der Waals surface area (Å²) in [5.74, 6) is 0.817. The summed E-state index contributed by atoms with van der Waals surface area (Å²) < 4.78 is 1.54. The van der Waals surface area contributed by atoms with Crippen LogP contribution in [0.3, 0.4) is 0 Å². The molecule has 0 atom stereocenters. The molecule has 0 bridgehead atoms. The molecule has 0 saturated carbocycles. The number of anilines is 1. The van der Waals surface area contributed by atoms with E-state index >= 15 is 0 Å². The van der Waals surface area contributed by atoms with Gasteiger partial charge in [-0.25, -0.2) is 9.67 Å². The molecular formula is C16H17N5O. The zero-order valence-electron chi connectivity index (χ0n) is 12.7. The van der Waals surface area contributed by atoms with Crippen LogP contribution in [-0.2, 0) is 13.0 Å². The third-order valence-corrected chi connectivity index (χ3v) is 3.79.